The zero-order chi connectivity index (χ0) is 13.5. The first-order valence-corrected chi connectivity index (χ1v) is 7.83. The molecule has 0 amide bonds. The predicted octanol–water partition coefficient (Wildman–Crippen LogP) is 3.67. The van der Waals surface area contributed by atoms with Crippen molar-refractivity contribution in [2.75, 3.05) is 0 Å². The second-order valence-corrected chi connectivity index (χ2v) is 5.99. The quantitative estimate of drug-likeness (QED) is 0.605. The van der Waals surface area contributed by atoms with Gasteiger partial charge in [-0.15, -0.1) is 0 Å². The van der Waals surface area contributed by atoms with Crippen LogP contribution in [-0.2, 0) is 6.42 Å². The molecule has 2 nitrogen and oxygen atoms in total. The lowest BCUT2D eigenvalue weighted by atomic mass is 9.76. The van der Waals surface area contributed by atoms with E-state index in [1.807, 2.05) is 0 Å². The first kappa shape index (κ1) is 14.5. The van der Waals surface area contributed by atoms with Crippen molar-refractivity contribution >= 4 is 0 Å². The van der Waals surface area contributed by atoms with Gasteiger partial charge in [0.25, 0.3) is 0 Å². The second-order valence-electron chi connectivity index (χ2n) is 5.99. The van der Waals surface area contributed by atoms with E-state index in [0.29, 0.717) is 6.04 Å². The molecule has 0 spiro atoms. The Morgan fingerprint density at radius 3 is 2.42 bits per heavy atom. The van der Waals surface area contributed by atoms with Gasteiger partial charge in [-0.25, -0.2) is 0 Å². The Hall–Kier alpha value is -0.860. The fourth-order valence-corrected chi connectivity index (χ4v) is 3.42. The van der Waals surface area contributed by atoms with Crippen molar-refractivity contribution < 1.29 is 0 Å². The summed E-state index contributed by atoms with van der Waals surface area (Å²) in [5.41, 5.74) is 4.50. The van der Waals surface area contributed by atoms with Crippen molar-refractivity contribution in [2.24, 2.45) is 17.7 Å². The second kappa shape index (κ2) is 7.66. The normalized spacial score (nSPS) is 25.2. The molecule has 0 bridgehead atoms. The summed E-state index contributed by atoms with van der Waals surface area (Å²) >= 11 is 0. The highest BCUT2D eigenvalue weighted by atomic mass is 15.2. The van der Waals surface area contributed by atoms with E-state index in [-0.39, 0.29) is 0 Å². The van der Waals surface area contributed by atoms with Gasteiger partial charge in [0, 0.05) is 6.04 Å². The summed E-state index contributed by atoms with van der Waals surface area (Å²) < 4.78 is 0. The molecule has 1 aromatic rings. The van der Waals surface area contributed by atoms with E-state index in [1.165, 1.54) is 37.7 Å². The average Bonchev–Trinajstić information content (AvgIpc) is 2.49. The van der Waals surface area contributed by atoms with Gasteiger partial charge in [0.2, 0.25) is 0 Å². The number of rotatable bonds is 6. The molecular formula is C17H28N2. The minimum absolute atomic E-state index is 0.484. The van der Waals surface area contributed by atoms with E-state index in [1.54, 1.807) is 0 Å². The highest BCUT2D eigenvalue weighted by Crippen LogP contribution is 2.33. The molecule has 0 saturated heterocycles. The fourth-order valence-electron chi connectivity index (χ4n) is 3.42. The molecule has 1 atom stereocenters. The largest absolute Gasteiger partial charge is 0.271 e. The fraction of sp³-hybridized carbons (Fsp3) is 0.647. The summed E-state index contributed by atoms with van der Waals surface area (Å²) in [6, 6.07) is 11.2. The van der Waals surface area contributed by atoms with Crippen LogP contribution in [0.3, 0.4) is 0 Å². The predicted molar refractivity (Wildman–Crippen MR) is 81.6 cm³/mol. The third-order valence-corrected chi connectivity index (χ3v) is 4.84. The minimum atomic E-state index is 0.484. The Kier molecular flexibility index (Phi) is 5.87. The maximum atomic E-state index is 5.78. The standard InChI is InChI=1S/C17H28N2/c1-2-14-8-11-16(12-9-14)17(19-18)13-10-15-6-4-3-5-7-15/h3-7,14,16-17,19H,2,8-13,18H2,1H3. The molecule has 19 heavy (non-hydrogen) atoms. The lowest BCUT2D eigenvalue weighted by Crippen LogP contribution is -2.42. The van der Waals surface area contributed by atoms with Crippen LogP contribution >= 0.6 is 0 Å². The molecule has 1 aromatic carbocycles. The molecule has 0 aromatic heterocycles. The molecule has 1 fully saturated rings. The Balaban J connectivity index is 1.80. The maximum absolute atomic E-state index is 5.78. The molecule has 2 heteroatoms. The third kappa shape index (κ3) is 4.32. The number of nitrogens with two attached hydrogens (primary N) is 1. The van der Waals surface area contributed by atoms with Crippen LogP contribution in [0.1, 0.15) is 51.0 Å². The number of nitrogens with one attached hydrogen (secondary N) is 1. The summed E-state index contributed by atoms with van der Waals surface area (Å²) in [6.45, 7) is 2.32. The van der Waals surface area contributed by atoms with Crippen LogP contribution in [0.2, 0.25) is 0 Å². The number of benzene rings is 1. The van der Waals surface area contributed by atoms with Gasteiger partial charge in [-0.05, 0) is 43.1 Å². The van der Waals surface area contributed by atoms with E-state index in [9.17, 15) is 0 Å². The zero-order valence-corrected chi connectivity index (χ0v) is 12.1. The molecule has 1 unspecified atom stereocenters. The molecule has 1 aliphatic rings. The van der Waals surface area contributed by atoms with Gasteiger partial charge in [0.15, 0.2) is 0 Å². The lowest BCUT2D eigenvalue weighted by Gasteiger charge is -2.33. The summed E-state index contributed by atoms with van der Waals surface area (Å²) in [5.74, 6) is 7.52. The Labute approximate surface area is 117 Å². The summed E-state index contributed by atoms with van der Waals surface area (Å²) in [7, 11) is 0. The molecule has 0 heterocycles. The van der Waals surface area contributed by atoms with Crippen molar-refractivity contribution in [3.63, 3.8) is 0 Å². The van der Waals surface area contributed by atoms with Crippen molar-refractivity contribution in [3.05, 3.63) is 35.9 Å². The summed E-state index contributed by atoms with van der Waals surface area (Å²) in [4.78, 5) is 0. The van der Waals surface area contributed by atoms with Crippen LogP contribution in [0.5, 0.6) is 0 Å². The molecule has 1 saturated carbocycles. The average molecular weight is 260 g/mol. The van der Waals surface area contributed by atoms with Crippen molar-refractivity contribution in [3.8, 4) is 0 Å². The first-order valence-electron chi connectivity index (χ1n) is 7.83. The molecule has 3 N–H and O–H groups in total. The first-order chi connectivity index (χ1) is 9.33. The van der Waals surface area contributed by atoms with Crippen LogP contribution in [0, 0.1) is 11.8 Å². The lowest BCUT2D eigenvalue weighted by molar-refractivity contribution is 0.212. The highest BCUT2D eigenvalue weighted by molar-refractivity contribution is 5.14. The van der Waals surface area contributed by atoms with Crippen LogP contribution in [0.4, 0.5) is 0 Å². The van der Waals surface area contributed by atoms with Gasteiger partial charge in [-0.3, -0.25) is 11.3 Å². The van der Waals surface area contributed by atoms with Crippen molar-refractivity contribution in [2.45, 2.75) is 57.9 Å². The van der Waals surface area contributed by atoms with E-state index in [4.69, 9.17) is 5.84 Å². The zero-order valence-electron chi connectivity index (χ0n) is 12.1. The van der Waals surface area contributed by atoms with Gasteiger partial charge >= 0.3 is 0 Å². The van der Waals surface area contributed by atoms with Crippen LogP contribution in [0.25, 0.3) is 0 Å². The van der Waals surface area contributed by atoms with E-state index >= 15 is 0 Å². The molecule has 0 radical (unpaired) electrons. The Morgan fingerprint density at radius 2 is 1.84 bits per heavy atom. The number of aryl methyl sites for hydroxylation is 1. The molecule has 0 aliphatic heterocycles. The Morgan fingerprint density at radius 1 is 1.16 bits per heavy atom. The van der Waals surface area contributed by atoms with Gasteiger partial charge < -0.3 is 0 Å². The van der Waals surface area contributed by atoms with Gasteiger partial charge in [0.05, 0.1) is 0 Å². The smallest absolute Gasteiger partial charge is 0.0241 e. The van der Waals surface area contributed by atoms with Crippen LogP contribution in [0.15, 0.2) is 30.3 Å². The molecule has 1 aliphatic carbocycles. The minimum Gasteiger partial charge on any atom is -0.271 e. The molecule has 2 rings (SSSR count). The van der Waals surface area contributed by atoms with Crippen molar-refractivity contribution in [1.29, 1.82) is 0 Å². The van der Waals surface area contributed by atoms with Gasteiger partial charge in [-0.2, -0.15) is 0 Å². The number of hydrazine groups is 1. The summed E-state index contributed by atoms with van der Waals surface area (Å²) in [5, 5.41) is 0. The molecule has 106 valence electrons. The third-order valence-electron chi connectivity index (χ3n) is 4.84. The number of hydrogen-bond donors (Lipinski definition) is 2. The van der Waals surface area contributed by atoms with Crippen LogP contribution in [-0.4, -0.2) is 6.04 Å². The van der Waals surface area contributed by atoms with Crippen molar-refractivity contribution in [1.82, 2.24) is 5.43 Å². The number of hydrogen-bond acceptors (Lipinski definition) is 2. The molecular weight excluding hydrogens is 232 g/mol. The van der Waals surface area contributed by atoms with Gasteiger partial charge in [0.1, 0.15) is 0 Å². The highest BCUT2D eigenvalue weighted by Gasteiger charge is 2.26. The maximum Gasteiger partial charge on any atom is 0.0241 e. The van der Waals surface area contributed by atoms with Crippen LogP contribution < -0.4 is 11.3 Å². The van der Waals surface area contributed by atoms with E-state index in [0.717, 1.165) is 24.7 Å². The summed E-state index contributed by atoms with van der Waals surface area (Å²) in [6.07, 6.45) is 9.11. The van der Waals surface area contributed by atoms with E-state index in [2.05, 4.69) is 42.7 Å². The Bertz CT molecular complexity index is 342. The monoisotopic (exact) mass is 260 g/mol. The van der Waals surface area contributed by atoms with Gasteiger partial charge in [-0.1, -0.05) is 56.5 Å². The van der Waals surface area contributed by atoms with E-state index < -0.39 is 0 Å². The SMILES string of the molecule is CCC1CCC(C(CCc2ccccc2)NN)CC1. The topological polar surface area (TPSA) is 38.0 Å².